The fraction of sp³-hybridized carbons (Fsp3) is 0.333. The molecule has 0 aliphatic rings. The standard InChI is InChI=1S/C18H20N4OS/c1-13(2)10-15-6-5-14(11-19)18(22-15)24-9-7-17(23)21-16-4-3-8-20-12-16/h3-6,8,12-13H,7,9-10H2,1-2H3,(H,21,23). The van der Waals surface area contributed by atoms with Crippen LogP contribution >= 0.6 is 11.8 Å². The maximum atomic E-state index is 11.9. The van der Waals surface area contributed by atoms with Crippen molar-refractivity contribution in [2.75, 3.05) is 11.1 Å². The van der Waals surface area contributed by atoms with Crippen molar-refractivity contribution < 1.29 is 4.79 Å². The number of nitriles is 1. The summed E-state index contributed by atoms with van der Waals surface area (Å²) in [6.45, 7) is 4.27. The van der Waals surface area contributed by atoms with E-state index in [1.165, 1.54) is 11.8 Å². The van der Waals surface area contributed by atoms with Gasteiger partial charge >= 0.3 is 0 Å². The van der Waals surface area contributed by atoms with Gasteiger partial charge in [0.05, 0.1) is 17.4 Å². The number of carbonyl (C=O) groups excluding carboxylic acids is 1. The highest BCUT2D eigenvalue weighted by Gasteiger charge is 2.09. The fourth-order valence-corrected chi connectivity index (χ4v) is 3.04. The van der Waals surface area contributed by atoms with E-state index >= 15 is 0 Å². The van der Waals surface area contributed by atoms with E-state index in [1.54, 1.807) is 24.5 Å². The molecule has 1 amide bonds. The highest BCUT2D eigenvalue weighted by atomic mass is 32.2. The first-order valence-corrected chi connectivity index (χ1v) is 8.79. The van der Waals surface area contributed by atoms with Crippen LogP contribution in [0.15, 0.2) is 41.7 Å². The van der Waals surface area contributed by atoms with Crippen LogP contribution in [0.25, 0.3) is 0 Å². The summed E-state index contributed by atoms with van der Waals surface area (Å²) in [5, 5.41) is 12.7. The Morgan fingerprint density at radius 2 is 2.21 bits per heavy atom. The van der Waals surface area contributed by atoms with E-state index in [0.29, 0.717) is 34.4 Å². The van der Waals surface area contributed by atoms with Gasteiger partial charge in [-0.2, -0.15) is 5.26 Å². The molecule has 0 aliphatic heterocycles. The zero-order chi connectivity index (χ0) is 17.4. The molecule has 0 spiro atoms. The van der Waals surface area contributed by atoms with Crippen LogP contribution in [0.4, 0.5) is 5.69 Å². The summed E-state index contributed by atoms with van der Waals surface area (Å²) in [6, 6.07) is 9.44. The van der Waals surface area contributed by atoms with Crippen LogP contribution in [0.3, 0.4) is 0 Å². The van der Waals surface area contributed by atoms with Crippen molar-refractivity contribution in [1.29, 1.82) is 5.26 Å². The number of nitrogens with one attached hydrogen (secondary N) is 1. The third-order valence-electron chi connectivity index (χ3n) is 3.17. The molecule has 0 radical (unpaired) electrons. The van der Waals surface area contributed by atoms with Gasteiger partial charge in [-0.25, -0.2) is 4.98 Å². The zero-order valence-electron chi connectivity index (χ0n) is 13.8. The van der Waals surface area contributed by atoms with E-state index in [9.17, 15) is 10.1 Å². The van der Waals surface area contributed by atoms with E-state index in [2.05, 4.69) is 35.2 Å². The lowest BCUT2D eigenvalue weighted by atomic mass is 10.1. The van der Waals surface area contributed by atoms with Gasteiger partial charge in [-0.3, -0.25) is 9.78 Å². The van der Waals surface area contributed by atoms with Gasteiger partial charge in [0.25, 0.3) is 0 Å². The maximum Gasteiger partial charge on any atom is 0.225 e. The third kappa shape index (κ3) is 5.67. The van der Waals surface area contributed by atoms with Gasteiger partial charge in [0.1, 0.15) is 11.1 Å². The molecule has 24 heavy (non-hydrogen) atoms. The smallest absolute Gasteiger partial charge is 0.225 e. The van der Waals surface area contributed by atoms with Crippen molar-refractivity contribution >= 4 is 23.4 Å². The molecule has 1 N–H and O–H groups in total. The predicted octanol–water partition coefficient (Wildman–Crippen LogP) is 3.67. The Morgan fingerprint density at radius 3 is 2.88 bits per heavy atom. The van der Waals surface area contributed by atoms with Gasteiger partial charge in [-0.1, -0.05) is 13.8 Å². The number of thioether (sulfide) groups is 1. The summed E-state index contributed by atoms with van der Waals surface area (Å²) in [6.07, 6.45) is 4.49. The quantitative estimate of drug-likeness (QED) is 0.778. The minimum absolute atomic E-state index is 0.0765. The van der Waals surface area contributed by atoms with Crippen LogP contribution in [-0.2, 0) is 11.2 Å². The average Bonchev–Trinajstić information content (AvgIpc) is 2.55. The van der Waals surface area contributed by atoms with E-state index in [4.69, 9.17) is 0 Å². The van der Waals surface area contributed by atoms with Crippen LogP contribution in [0.1, 0.15) is 31.5 Å². The van der Waals surface area contributed by atoms with Gasteiger partial charge in [0, 0.05) is 24.1 Å². The van der Waals surface area contributed by atoms with Crippen molar-refractivity contribution in [2.24, 2.45) is 5.92 Å². The van der Waals surface area contributed by atoms with Crippen LogP contribution in [0.5, 0.6) is 0 Å². The lowest BCUT2D eigenvalue weighted by molar-refractivity contribution is -0.115. The first-order chi connectivity index (χ1) is 11.6. The Hall–Kier alpha value is -2.39. The molecule has 124 valence electrons. The molecule has 0 saturated carbocycles. The predicted molar refractivity (Wildman–Crippen MR) is 95.7 cm³/mol. The number of pyridine rings is 2. The van der Waals surface area contributed by atoms with Crippen LogP contribution in [-0.4, -0.2) is 21.6 Å². The lowest BCUT2D eigenvalue weighted by Gasteiger charge is -2.08. The Labute approximate surface area is 146 Å². The summed E-state index contributed by atoms with van der Waals surface area (Å²) in [5.41, 5.74) is 2.22. The lowest BCUT2D eigenvalue weighted by Crippen LogP contribution is -2.12. The highest BCUT2D eigenvalue weighted by Crippen LogP contribution is 2.22. The van der Waals surface area contributed by atoms with Gasteiger partial charge in [0.15, 0.2) is 0 Å². The van der Waals surface area contributed by atoms with Gasteiger partial charge < -0.3 is 5.32 Å². The molecule has 0 aromatic carbocycles. The third-order valence-corrected chi connectivity index (χ3v) is 4.16. The molecule has 2 heterocycles. The number of hydrogen-bond donors (Lipinski definition) is 1. The van der Waals surface area contributed by atoms with Crippen molar-refractivity contribution in [1.82, 2.24) is 9.97 Å². The summed E-state index contributed by atoms with van der Waals surface area (Å²) in [5.74, 6) is 1.000. The Morgan fingerprint density at radius 1 is 1.38 bits per heavy atom. The topological polar surface area (TPSA) is 78.7 Å². The summed E-state index contributed by atoms with van der Waals surface area (Å²) in [7, 11) is 0. The Bertz CT molecular complexity index is 726. The SMILES string of the molecule is CC(C)Cc1ccc(C#N)c(SCCC(=O)Nc2cccnc2)n1. The molecule has 2 aromatic heterocycles. The van der Waals surface area contributed by atoms with Gasteiger partial charge in [-0.05, 0) is 36.6 Å². The summed E-state index contributed by atoms with van der Waals surface area (Å²) in [4.78, 5) is 20.5. The molecule has 0 unspecified atom stereocenters. The van der Waals surface area contributed by atoms with Gasteiger partial charge in [0.2, 0.25) is 5.91 Å². The minimum Gasteiger partial charge on any atom is -0.325 e. The van der Waals surface area contributed by atoms with Gasteiger partial charge in [-0.15, -0.1) is 11.8 Å². The Kier molecular flexibility index (Phi) is 6.76. The number of rotatable bonds is 7. The molecular weight excluding hydrogens is 320 g/mol. The summed E-state index contributed by atoms with van der Waals surface area (Å²) >= 11 is 1.44. The molecule has 2 rings (SSSR count). The molecule has 0 fully saturated rings. The minimum atomic E-state index is -0.0765. The van der Waals surface area contributed by atoms with E-state index < -0.39 is 0 Å². The van der Waals surface area contributed by atoms with Crippen LogP contribution < -0.4 is 5.32 Å². The molecule has 5 nitrogen and oxygen atoms in total. The molecule has 0 saturated heterocycles. The molecule has 2 aromatic rings. The second kappa shape index (κ2) is 9.04. The first kappa shape index (κ1) is 18.0. The van der Waals surface area contributed by atoms with E-state index in [0.717, 1.165) is 12.1 Å². The number of aromatic nitrogens is 2. The number of anilines is 1. The van der Waals surface area contributed by atoms with Crippen molar-refractivity contribution in [3.05, 3.63) is 47.9 Å². The molecule has 0 aliphatic carbocycles. The number of nitrogens with zero attached hydrogens (tertiary/aromatic N) is 3. The Balaban J connectivity index is 1.91. The molecule has 0 atom stereocenters. The van der Waals surface area contributed by atoms with Crippen LogP contribution in [0.2, 0.25) is 0 Å². The average molecular weight is 340 g/mol. The van der Waals surface area contributed by atoms with Crippen molar-refractivity contribution in [2.45, 2.75) is 31.7 Å². The maximum absolute atomic E-state index is 11.9. The largest absolute Gasteiger partial charge is 0.325 e. The second-order valence-corrected chi connectivity index (χ2v) is 6.84. The van der Waals surface area contributed by atoms with Crippen molar-refractivity contribution in [3.63, 3.8) is 0 Å². The second-order valence-electron chi connectivity index (χ2n) is 5.75. The highest BCUT2D eigenvalue weighted by molar-refractivity contribution is 7.99. The van der Waals surface area contributed by atoms with Crippen molar-refractivity contribution in [3.8, 4) is 6.07 Å². The van der Waals surface area contributed by atoms with E-state index in [-0.39, 0.29) is 5.91 Å². The fourth-order valence-electron chi connectivity index (χ4n) is 2.11. The van der Waals surface area contributed by atoms with E-state index in [1.807, 2.05) is 12.1 Å². The molecule has 6 heteroatoms. The number of hydrogen-bond acceptors (Lipinski definition) is 5. The number of amides is 1. The van der Waals surface area contributed by atoms with Crippen LogP contribution in [0, 0.1) is 17.2 Å². The first-order valence-electron chi connectivity index (χ1n) is 7.81. The normalized spacial score (nSPS) is 10.4. The monoisotopic (exact) mass is 340 g/mol. The number of carbonyl (C=O) groups is 1. The molecule has 0 bridgehead atoms. The summed E-state index contributed by atoms with van der Waals surface area (Å²) < 4.78 is 0. The zero-order valence-corrected chi connectivity index (χ0v) is 14.6. The molecular formula is C18H20N4OS.